The van der Waals surface area contributed by atoms with Crippen LogP contribution in [0, 0.1) is 6.92 Å². The Morgan fingerprint density at radius 3 is 2.75 bits per heavy atom. The summed E-state index contributed by atoms with van der Waals surface area (Å²) in [6, 6.07) is 14.3. The zero-order chi connectivity index (χ0) is 22.4. The van der Waals surface area contributed by atoms with E-state index in [1.807, 2.05) is 31.3 Å². The van der Waals surface area contributed by atoms with Crippen LogP contribution in [0.2, 0.25) is 0 Å². The number of para-hydroxylation sites is 1. The van der Waals surface area contributed by atoms with E-state index in [2.05, 4.69) is 29.7 Å². The van der Waals surface area contributed by atoms with Crippen molar-refractivity contribution < 1.29 is 24.4 Å². The first-order chi connectivity index (χ1) is 15.4. The molecule has 0 amide bonds. The third kappa shape index (κ3) is 3.61. The van der Waals surface area contributed by atoms with E-state index < -0.39 is 24.6 Å². The molecule has 1 aliphatic rings. The first kappa shape index (κ1) is 21.2. The molecule has 1 fully saturated rings. The van der Waals surface area contributed by atoms with Crippen LogP contribution in [0.4, 0.5) is 0 Å². The molecule has 2 aromatic carbocycles. The van der Waals surface area contributed by atoms with Crippen LogP contribution in [-0.4, -0.2) is 57.6 Å². The Balaban J connectivity index is 1.34. The van der Waals surface area contributed by atoms with Crippen LogP contribution in [0.5, 0.6) is 5.75 Å². The molecule has 1 saturated heterocycles. The fraction of sp³-hybridized carbons (Fsp3) is 0.400. The largest absolute Gasteiger partial charge is 0.491 e. The van der Waals surface area contributed by atoms with Gasteiger partial charge < -0.3 is 29.0 Å². The number of aliphatic hydroxyl groups is 2. The zero-order valence-corrected chi connectivity index (χ0v) is 18.5. The Bertz CT molecular complexity index is 1270. The smallest absolute Gasteiger partial charge is 0.160 e. The SMILES string of the molecule is Cc1c2ccccc2nc2c1c1cc(OCCO[C@H]3C[C@H](O)[C@@H](O)[C@H](C)O3)ccc1n2C. The second-order valence-electron chi connectivity index (χ2n) is 8.47. The molecule has 0 radical (unpaired) electrons. The van der Waals surface area contributed by atoms with Crippen molar-refractivity contribution in [2.75, 3.05) is 13.2 Å². The highest BCUT2D eigenvalue weighted by atomic mass is 16.7. The lowest BCUT2D eigenvalue weighted by atomic mass is 10.0. The Morgan fingerprint density at radius 1 is 1.12 bits per heavy atom. The number of nitrogens with zero attached hydrogens (tertiary/aromatic N) is 2. The normalized spacial score (nSPS) is 23.9. The van der Waals surface area contributed by atoms with E-state index in [0.29, 0.717) is 13.2 Å². The van der Waals surface area contributed by atoms with Gasteiger partial charge in [0.25, 0.3) is 0 Å². The van der Waals surface area contributed by atoms with E-state index in [1.165, 1.54) is 5.56 Å². The summed E-state index contributed by atoms with van der Waals surface area (Å²) in [7, 11) is 2.04. The van der Waals surface area contributed by atoms with E-state index in [1.54, 1.807) is 6.92 Å². The van der Waals surface area contributed by atoms with Gasteiger partial charge in [-0.15, -0.1) is 0 Å². The summed E-state index contributed by atoms with van der Waals surface area (Å²) in [6.07, 6.45) is -2.49. The van der Waals surface area contributed by atoms with Crippen LogP contribution in [0.3, 0.4) is 0 Å². The van der Waals surface area contributed by atoms with E-state index in [9.17, 15) is 10.2 Å². The number of benzene rings is 2. The molecule has 0 bridgehead atoms. The van der Waals surface area contributed by atoms with Crippen molar-refractivity contribution in [3.05, 3.63) is 48.0 Å². The summed E-state index contributed by atoms with van der Waals surface area (Å²) < 4.78 is 19.3. The van der Waals surface area contributed by atoms with Gasteiger partial charge in [-0.2, -0.15) is 0 Å². The van der Waals surface area contributed by atoms with Crippen molar-refractivity contribution in [3.8, 4) is 5.75 Å². The topological polar surface area (TPSA) is 86.0 Å². The van der Waals surface area contributed by atoms with E-state index in [-0.39, 0.29) is 6.42 Å². The van der Waals surface area contributed by atoms with Crippen LogP contribution in [0.25, 0.3) is 32.8 Å². The Labute approximate surface area is 186 Å². The van der Waals surface area contributed by atoms with Gasteiger partial charge in [0, 0.05) is 29.6 Å². The first-order valence-corrected chi connectivity index (χ1v) is 11.0. The molecule has 32 heavy (non-hydrogen) atoms. The van der Waals surface area contributed by atoms with Crippen molar-refractivity contribution in [1.82, 2.24) is 9.55 Å². The van der Waals surface area contributed by atoms with Gasteiger partial charge in [-0.05, 0) is 43.7 Å². The predicted octanol–water partition coefficient (Wildman–Crippen LogP) is 3.44. The third-order valence-electron chi connectivity index (χ3n) is 6.38. The van der Waals surface area contributed by atoms with Crippen molar-refractivity contribution in [1.29, 1.82) is 0 Å². The molecule has 3 heterocycles. The minimum absolute atomic E-state index is 0.244. The highest BCUT2D eigenvalue weighted by molar-refractivity contribution is 6.12. The molecular weight excluding hydrogens is 408 g/mol. The Hall–Kier alpha value is -2.71. The molecule has 7 heteroatoms. The maximum absolute atomic E-state index is 9.88. The number of pyridine rings is 1. The van der Waals surface area contributed by atoms with Gasteiger partial charge in [0.2, 0.25) is 0 Å². The fourth-order valence-electron chi connectivity index (χ4n) is 4.61. The van der Waals surface area contributed by atoms with E-state index >= 15 is 0 Å². The Kier molecular flexibility index (Phi) is 5.51. The van der Waals surface area contributed by atoms with Crippen LogP contribution < -0.4 is 4.74 Å². The number of ether oxygens (including phenoxy) is 3. The number of hydrogen-bond acceptors (Lipinski definition) is 6. The monoisotopic (exact) mass is 436 g/mol. The molecule has 168 valence electrons. The summed E-state index contributed by atoms with van der Waals surface area (Å²) in [4.78, 5) is 4.90. The van der Waals surface area contributed by atoms with Crippen LogP contribution in [0.15, 0.2) is 42.5 Å². The van der Waals surface area contributed by atoms with E-state index in [4.69, 9.17) is 19.2 Å². The van der Waals surface area contributed by atoms with Crippen molar-refractivity contribution >= 4 is 32.8 Å². The molecule has 4 aromatic rings. The summed E-state index contributed by atoms with van der Waals surface area (Å²) in [5.74, 6) is 0.759. The molecule has 0 spiro atoms. The van der Waals surface area contributed by atoms with Gasteiger partial charge in [-0.3, -0.25) is 0 Å². The average Bonchev–Trinajstić information content (AvgIpc) is 3.07. The molecule has 0 aliphatic carbocycles. The molecule has 0 saturated carbocycles. The number of fused-ring (bicyclic) bond motifs is 4. The molecule has 1 aliphatic heterocycles. The van der Waals surface area contributed by atoms with Gasteiger partial charge in [0.1, 0.15) is 24.1 Å². The highest BCUT2D eigenvalue weighted by Gasteiger charge is 2.34. The Morgan fingerprint density at radius 2 is 1.94 bits per heavy atom. The van der Waals surface area contributed by atoms with Crippen LogP contribution >= 0.6 is 0 Å². The first-order valence-electron chi connectivity index (χ1n) is 11.0. The average molecular weight is 437 g/mol. The van der Waals surface area contributed by atoms with Crippen molar-refractivity contribution in [2.24, 2.45) is 7.05 Å². The number of aromatic nitrogens is 2. The predicted molar refractivity (Wildman–Crippen MR) is 123 cm³/mol. The molecule has 2 aromatic heterocycles. The molecule has 4 atom stereocenters. The van der Waals surface area contributed by atoms with Gasteiger partial charge >= 0.3 is 0 Å². The third-order valence-corrected chi connectivity index (χ3v) is 6.38. The lowest BCUT2D eigenvalue weighted by molar-refractivity contribution is -0.246. The summed E-state index contributed by atoms with van der Waals surface area (Å²) in [6.45, 7) is 4.53. The number of rotatable bonds is 5. The maximum atomic E-state index is 9.88. The highest BCUT2D eigenvalue weighted by Crippen LogP contribution is 2.35. The minimum atomic E-state index is -0.881. The maximum Gasteiger partial charge on any atom is 0.160 e. The lowest BCUT2D eigenvalue weighted by Crippen LogP contribution is -2.47. The minimum Gasteiger partial charge on any atom is -0.491 e. The molecule has 7 nitrogen and oxygen atoms in total. The number of aryl methyl sites for hydroxylation is 2. The molecule has 0 unspecified atom stereocenters. The van der Waals surface area contributed by atoms with Crippen LogP contribution in [-0.2, 0) is 16.5 Å². The fourth-order valence-corrected chi connectivity index (χ4v) is 4.61. The zero-order valence-electron chi connectivity index (χ0n) is 18.5. The van der Waals surface area contributed by atoms with Crippen LogP contribution in [0.1, 0.15) is 18.9 Å². The van der Waals surface area contributed by atoms with Gasteiger partial charge in [-0.25, -0.2) is 4.98 Å². The summed E-state index contributed by atoms with van der Waals surface area (Å²) >= 11 is 0. The molecule has 2 N–H and O–H groups in total. The van der Waals surface area contributed by atoms with E-state index in [0.717, 1.165) is 38.6 Å². The lowest BCUT2D eigenvalue weighted by Gasteiger charge is -2.35. The second kappa shape index (κ2) is 8.33. The summed E-state index contributed by atoms with van der Waals surface area (Å²) in [5.41, 5.74) is 4.27. The van der Waals surface area contributed by atoms with Gasteiger partial charge in [-0.1, -0.05) is 18.2 Å². The van der Waals surface area contributed by atoms with Gasteiger partial charge in [0.15, 0.2) is 6.29 Å². The quantitative estimate of drug-likeness (QED) is 0.466. The van der Waals surface area contributed by atoms with Crippen molar-refractivity contribution in [2.45, 2.75) is 44.9 Å². The summed E-state index contributed by atoms with van der Waals surface area (Å²) in [5, 5.41) is 23.0. The number of aliphatic hydroxyl groups excluding tert-OH is 2. The van der Waals surface area contributed by atoms with Crippen molar-refractivity contribution in [3.63, 3.8) is 0 Å². The number of hydrogen-bond donors (Lipinski definition) is 2. The standard InChI is InChI=1S/C25H28N2O5/c1-14-17-6-4-5-7-19(17)26-25-23(14)18-12-16(8-9-20(18)27(25)3)30-10-11-31-22-13-21(28)24(29)15(2)32-22/h4-9,12,15,21-22,24,28-29H,10-11,13H2,1-3H3/t15-,21-,22+,24-/m0/s1. The molecule has 5 rings (SSSR count). The molecular formula is C25H28N2O5. The van der Waals surface area contributed by atoms with Gasteiger partial charge in [0.05, 0.1) is 29.8 Å². The second-order valence-corrected chi connectivity index (χ2v) is 8.47.